The molecule has 1 aliphatic heterocycles. The van der Waals surface area contributed by atoms with E-state index in [2.05, 4.69) is 15.0 Å². The minimum Gasteiger partial charge on any atom is -0.465 e. The van der Waals surface area contributed by atoms with Crippen molar-refractivity contribution >= 4 is 23.2 Å². The van der Waals surface area contributed by atoms with E-state index in [0.29, 0.717) is 12.1 Å². The van der Waals surface area contributed by atoms with E-state index in [9.17, 15) is 4.79 Å². The van der Waals surface area contributed by atoms with Gasteiger partial charge in [0.1, 0.15) is 5.84 Å². The molecule has 0 bridgehead atoms. The summed E-state index contributed by atoms with van der Waals surface area (Å²) in [6.07, 6.45) is 3.56. The van der Waals surface area contributed by atoms with Crippen LogP contribution >= 0.6 is 0 Å². The number of carbonyl (C=O) groups is 1. The van der Waals surface area contributed by atoms with Gasteiger partial charge in [-0.2, -0.15) is 5.10 Å². The van der Waals surface area contributed by atoms with Crippen LogP contribution in [-0.4, -0.2) is 42.3 Å². The first-order valence-corrected chi connectivity index (χ1v) is 6.20. The summed E-state index contributed by atoms with van der Waals surface area (Å²) >= 11 is 0. The molecule has 102 valence electrons. The normalized spacial score (nSPS) is 13.7. The monoisotopic (exact) mass is 270 g/mol. The number of methoxy groups -OCH3 is 1. The van der Waals surface area contributed by atoms with Crippen molar-refractivity contribution in [2.45, 2.75) is 0 Å². The second kappa shape index (κ2) is 4.80. The Morgan fingerprint density at radius 1 is 1.40 bits per heavy atom. The van der Waals surface area contributed by atoms with Crippen LogP contribution in [0.25, 0.3) is 0 Å². The van der Waals surface area contributed by atoms with Crippen molar-refractivity contribution < 1.29 is 9.53 Å². The van der Waals surface area contributed by atoms with Gasteiger partial charge in [-0.3, -0.25) is 0 Å². The SMILES string of the molecule is COC(=O)c1ccc2c(c1)N=C(n1cccn1)CN2C. The number of hydrogen-bond acceptors (Lipinski definition) is 5. The maximum absolute atomic E-state index is 11.6. The smallest absolute Gasteiger partial charge is 0.337 e. The van der Waals surface area contributed by atoms with Gasteiger partial charge in [-0.1, -0.05) is 0 Å². The Bertz CT molecular complexity index is 676. The highest BCUT2D eigenvalue weighted by Crippen LogP contribution is 2.32. The molecule has 0 atom stereocenters. The van der Waals surface area contributed by atoms with Crippen LogP contribution < -0.4 is 4.90 Å². The van der Waals surface area contributed by atoms with Crippen LogP contribution in [0.5, 0.6) is 0 Å². The Hall–Kier alpha value is -2.63. The number of aromatic nitrogens is 2. The molecule has 1 aromatic heterocycles. The summed E-state index contributed by atoms with van der Waals surface area (Å²) in [5.74, 6) is 0.448. The number of fused-ring (bicyclic) bond motifs is 1. The van der Waals surface area contributed by atoms with Gasteiger partial charge in [0.25, 0.3) is 0 Å². The molecule has 0 radical (unpaired) electrons. The molecule has 0 unspecified atom stereocenters. The largest absolute Gasteiger partial charge is 0.465 e. The lowest BCUT2D eigenvalue weighted by molar-refractivity contribution is 0.0601. The first-order chi connectivity index (χ1) is 9.69. The van der Waals surface area contributed by atoms with Crippen molar-refractivity contribution in [2.75, 3.05) is 25.6 Å². The van der Waals surface area contributed by atoms with Gasteiger partial charge < -0.3 is 9.64 Å². The zero-order chi connectivity index (χ0) is 14.1. The molecule has 0 amide bonds. The second-order valence-electron chi connectivity index (χ2n) is 4.53. The molecule has 0 aliphatic carbocycles. The Labute approximate surface area is 116 Å². The summed E-state index contributed by atoms with van der Waals surface area (Å²) in [5, 5.41) is 4.19. The summed E-state index contributed by atoms with van der Waals surface area (Å²) in [5.41, 5.74) is 2.21. The van der Waals surface area contributed by atoms with Crippen molar-refractivity contribution in [3.8, 4) is 0 Å². The third-order valence-corrected chi connectivity index (χ3v) is 3.20. The molecule has 0 N–H and O–H groups in total. The highest BCUT2D eigenvalue weighted by Gasteiger charge is 2.19. The highest BCUT2D eigenvalue weighted by atomic mass is 16.5. The summed E-state index contributed by atoms with van der Waals surface area (Å²) < 4.78 is 6.46. The van der Waals surface area contributed by atoms with Crippen LogP contribution in [0.15, 0.2) is 41.7 Å². The number of esters is 1. The number of likely N-dealkylation sites (N-methyl/N-ethyl adjacent to an activating group) is 1. The quantitative estimate of drug-likeness (QED) is 0.740. The summed E-state index contributed by atoms with van der Waals surface area (Å²) in [6.45, 7) is 0.659. The van der Waals surface area contributed by atoms with Crippen LogP contribution in [0, 0.1) is 0 Å². The Morgan fingerprint density at radius 3 is 2.95 bits per heavy atom. The van der Waals surface area contributed by atoms with Crippen LogP contribution in [0.2, 0.25) is 0 Å². The van der Waals surface area contributed by atoms with Crippen molar-refractivity contribution in [1.82, 2.24) is 9.78 Å². The van der Waals surface area contributed by atoms with Crippen LogP contribution in [0.4, 0.5) is 11.4 Å². The average molecular weight is 270 g/mol. The molecule has 0 spiro atoms. The topological polar surface area (TPSA) is 59.7 Å². The Balaban J connectivity index is 2.06. The second-order valence-corrected chi connectivity index (χ2v) is 4.53. The molecular weight excluding hydrogens is 256 g/mol. The number of ether oxygens (including phenoxy) is 1. The third kappa shape index (κ3) is 2.05. The van der Waals surface area contributed by atoms with E-state index in [4.69, 9.17) is 4.74 Å². The first-order valence-electron chi connectivity index (χ1n) is 6.20. The lowest BCUT2D eigenvalue weighted by atomic mass is 10.1. The molecule has 0 fully saturated rings. The zero-order valence-corrected chi connectivity index (χ0v) is 11.3. The third-order valence-electron chi connectivity index (χ3n) is 3.20. The fourth-order valence-electron chi connectivity index (χ4n) is 2.20. The van der Waals surface area contributed by atoms with E-state index in [1.165, 1.54) is 7.11 Å². The zero-order valence-electron chi connectivity index (χ0n) is 11.3. The number of benzene rings is 1. The molecule has 6 nitrogen and oxygen atoms in total. The van der Waals surface area contributed by atoms with Gasteiger partial charge in [0, 0.05) is 19.4 Å². The van der Waals surface area contributed by atoms with Crippen molar-refractivity contribution in [1.29, 1.82) is 0 Å². The lowest BCUT2D eigenvalue weighted by Crippen LogP contribution is -2.33. The van der Waals surface area contributed by atoms with Gasteiger partial charge in [-0.05, 0) is 24.3 Å². The average Bonchev–Trinajstić information content (AvgIpc) is 3.00. The van der Waals surface area contributed by atoms with Gasteiger partial charge >= 0.3 is 5.97 Å². The minimum absolute atomic E-state index is 0.364. The Kier molecular flexibility index (Phi) is 2.98. The van der Waals surface area contributed by atoms with Gasteiger partial charge in [-0.25, -0.2) is 14.5 Å². The molecule has 2 aromatic rings. The van der Waals surface area contributed by atoms with Crippen LogP contribution in [0.1, 0.15) is 10.4 Å². The fourth-order valence-corrected chi connectivity index (χ4v) is 2.20. The maximum Gasteiger partial charge on any atom is 0.337 e. The first kappa shape index (κ1) is 12.4. The van der Waals surface area contributed by atoms with E-state index in [1.807, 2.05) is 25.4 Å². The lowest BCUT2D eigenvalue weighted by Gasteiger charge is -2.26. The van der Waals surface area contributed by atoms with Crippen molar-refractivity contribution in [3.05, 3.63) is 42.2 Å². The summed E-state index contributed by atoms with van der Waals surface area (Å²) in [4.78, 5) is 18.2. The molecule has 6 heteroatoms. The molecule has 2 heterocycles. The van der Waals surface area contributed by atoms with E-state index in [0.717, 1.165) is 17.2 Å². The molecule has 20 heavy (non-hydrogen) atoms. The van der Waals surface area contributed by atoms with Gasteiger partial charge in [0.2, 0.25) is 0 Å². The van der Waals surface area contributed by atoms with Crippen molar-refractivity contribution in [3.63, 3.8) is 0 Å². The number of hydrogen-bond donors (Lipinski definition) is 0. The number of anilines is 1. The molecule has 0 saturated heterocycles. The number of carbonyl (C=O) groups excluding carboxylic acids is 1. The predicted octanol–water partition coefficient (Wildman–Crippen LogP) is 1.70. The summed E-state index contributed by atoms with van der Waals surface area (Å²) in [7, 11) is 3.35. The number of nitrogens with zero attached hydrogens (tertiary/aromatic N) is 4. The fraction of sp³-hybridized carbons (Fsp3) is 0.214. The molecule has 3 rings (SSSR count). The number of aliphatic imine (C=N–C) groups is 1. The molecular formula is C14H14N4O2. The van der Waals surface area contributed by atoms with Gasteiger partial charge in [0.15, 0.2) is 0 Å². The van der Waals surface area contributed by atoms with Crippen LogP contribution in [0.3, 0.4) is 0 Å². The summed E-state index contributed by atoms with van der Waals surface area (Å²) in [6, 6.07) is 7.21. The molecule has 1 aliphatic rings. The Morgan fingerprint density at radius 2 is 2.25 bits per heavy atom. The molecule has 0 saturated carbocycles. The standard InChI is InChI=1S/C14H14N4O2/c1-17-9-13(18-7-3-6-15-18)16-11-8-10(14(19)20-2)4-5-12(11)17/h3-8H,9H2,1-2H3. The molecule has 1 aromatic carbocycles. The minimum atomic E-state index is -0.364. The van der Waals surface area contributed by atoms with E-state index in [-0.39, 0.29) is 5.97 Å². The number of rotatable bonds is 1. The van der Waals surface area contributed by atoms with E-state index < -0.39 is 0 Å². The maximum atomic E-state index is 11.6. The van der Waals surface area contributed by atoms with Gasteiger partial charge in [0.05, 0.1) is 30.6 Å². The van der Waals surface area contributed by atoms with Crippen molar-refractivity contribution in [2.24, 2.45) is 4.99 Å². The van der Waals surface area contributed by atoms with E-state index in [1.54, 1.807) is 23.0 Å². The van der Waals surface area contributed by atoms with Crippen LogP contribution in [-0.2, 0) is 4.74 Å². The predicted molar refractivity (Wildman–Crippen MR) is 75.8 cm³/mol. The van der Waals surface area contributed by atoms with E-state index >= 15 is 0 Å². The van der Waals surface area contributed by atoms with Gasteiger partial charge in [-0.15, -0.1) is 0 Å². The highest BCUT2D eigenvalue weighted by molar-refractivity contribution is 5.98.